The summed E-state index contributed by atoms with van der Waals surface area (Å²) < 4.78 is 50.5. The van der Waals surface area contributed by atoms with Gasteiger partial charge in [0, 0.05) is 43.1 Å². The van der Waals surface area contributed by atoms with Gasteiger partial charge in [-0.3, -0.25) is 14.9 Å². The SMILES string of the molecule is CS(=O)(=O)c1cccc(S(=O)(=O)N2CCC(C(=O)Nc3ccc([N+](=O)[O-])cc3)CC2)c1. The van der Waals surface area contributed by atoms with Gasteiger partial charge in [0.2, 0.25) is 15.9 Å². The maximum atomic E-state index is 12.9. The summed E-state index contributed by atoms with van der Waals surface area (Å²) in [6.45, 7) is 0.230. The largest absolute Gasteiger partial charge is 0.326 e. The van der Waals surface area contributed by atoms with E-state index in [2.05, 4.69) is 5.32 Å². The fourth-order valence-electron chi connectivity index (χ4n) is 3.28. The van der Waals surface area contributed by atoms with Gasteiger partial charge in [-0.25, -0.2) is 16.8 Å². The zero-order chi connectivity index (χ0) is 22.8. The number of carbonyl (C=O) groups excluding carboxylic acids is 1. The van der Waals surface area contributed by atoms with E-state index in [-0.39, 0.29) is 34.5 Å². The zero-order valence-corrected chi connectivity index (χ0v) is 18.2. The van der Waals surface area contributed by atoms with Crippen LogP contribution in [-0.2, 0) is 24.7 Å². The van der Waals surface area contributed by atoms with Crippen molar-refractivity contribution < 1.29 is 26.6 Å². The summed E-state index contributed by atoms with van der Waals surface area (Å²) in [6, 6.07) is 10.6. The molecule has 166 valence electrons. The van der Waals surface area contributed by atoms with Crippen molar-refractivity contribution in [2.24, 2.45) is 5.92 Å². The number of nitrogens with zero attached hydrogens (tertiary/aromatic N) is 2. The molecule has 0 saturated carbocycles. The van der Waals surface area contributed by atoms with Crippen molar-refractivity contribution in [1.29, 1.82) is 0 Å². The van der Waals surface area contributed by atoms with Crippen LogP contribution in [0.25, 0.3) is 0 Å². The highest BCUT2D eigenvalue weighted by Gasteiger charge is 2.32. The maximum Gasteiger partial charge on any atom is 0.269 e. The van der Waals surface area contributed by atoms with Gasteiger partial charge >= 0.3 is 0 Å². The van der Waals surface area contributed by atoms with Gasteiger partial charge in [0.15, 0.2) is 9.84 Å². The Morgan fingerprint density at radius 2 is 1.61 bits per heavy atom. The van der Waals surface area contributed by atoms with Crippen molar-refractivity contribution in [2.75, 3.05) is 24.7 Å². The number of hydrogen-bond acceptors (Lipinski definition) is 7. The number of carbonyl (C=O) groups is 1. The van der Waals surface area contributed by atoms with Gasteiger partial charge in [-0.1, -0.05) is 6.07 Å². The van der Waals surface area contributed by atoms with Crippen LogP contribution >= 0.6 is 0 Å². The number of anilines is 1. The molecule has 2 aromatic rings. The van der Waals surface area contributed by atoms with Crippen LogP contribution in [0.4, 0.5) is 11.4 Å². The first-order valence-electron chi connectivity index (χ1n) is 9.34. The second-order valence-electron chi connectivity index (χ2n) is 7.22. The molecular formula is C19H21N3O7S2. The third kappa shape index (κ3) is 5.27. The highest BCUT2D eigenvalue weighted by Crippen LogP contribution is 2.26. The Morgan fingerprint density at radius 3 is 2.16 bits per heavy atom. The molecule has 2 aromatic carbocycles. The van der Waals surface area contributed by atoms with E-state index >= 15 is 0 Å². The molecule has 1 fully saturated rings. The average Bonchev–Trinajstić information content (AvgIpc) is 2.73. The highest BCUT2D eigenvalue weighted by molar-refractivity contribution is 7.91. The van der Waals surface area contributed by atoms with Gasteiger partial charge in [-0.2, -0.15) is 4.31 Å². The Balaban J connectivity index is 1.64. The second-order valence-corrected chi connectivity index (χ2v) is 11.2. The third-order valence-corrected chi connectivity index (χ3v) is 8.05. The third-order valence-electron chi connectivity index (χ3n) is 5.04. The van der Waals surface area contributed by atoms with E-state index in [4.69, 9.17) is 0 Å². The molecular weight excluding hydrogens is 446 g/mol. The van der Waals surface area contributed by atoms with E-state index in [1.54, 1.807) is 0 Å². The smallest absolute Gasteiger partial charge is 0.269 e. The summed E-state index contributed by atoms with van der Waals surface area (Å²) in [4.78, 5) is 22.5. The topological polar surface area (TPSA) is 144 Å². The second kappa shape index (κ2) is 8.73. The number of benzene rings is 2. The molecule has 0 unspecified atom stereocenters. The van der Waals surface area contributed by atoms with Crippen LogP contribution in [0.2, 0.25) is 0 Å². The van der Waals surface area contributed by atoms with E-state index in [0.717, 1.165) is 12.3 Å². The molecule has 0 aliphatic carbocycles. The molecule has 0 radical (unpaired) electrons. The Kier molecular flexibility index (Phi) is 6.43. The molecule has 1 heterocycles. The van der Waals surface area contributed by atoms with E-state index in [0.29, 0.717) is 18.5 Å². The number of piperidine rings is 1. The van der Waals surface area contributed by atoms with Crippen molar-refractivity contribution in [3.8, 4) is 0 Å². The van der Waals surface area contributed by atoms with Crippen molar-refractivity contribution >= 4 is 37.1 Å². The minimum absolute atomic E-state index is 0.0778. The lowest BCUT2D eigenvalue weighted by Crippen LogP contribution is -2.41. The number of rotatable bonds is 6. The predicted octanol–water partition coefficient (Wildman–Crippen LogP) is 2.04. The quantitative estimate of drug-likeness (QED) is 0.506. The van der Waals surface area contributed by atoms with E-state index in [9.17, 15) is 31.7 Å². The average molecular weight is 468 g/mol. The van der Waals surface area contributed by atoms with Gasteiger partial charge < -0.3 is 5.32 Å². The van der Waals surface area contributed by atoms with Gasteiger partial charge in [-0.05, 0) is 43.2 Å². The van der Waals surface area contributed by atoms with Crippen LogP contribution in [0, 0.1) is 16.0 Å². The Labute approximate surface area is 180 Å². The molecule has 1 N–H and O–H groups in total. The lowest BCUT2D eigenvalue weighted by atomic mass is 9.97. The number of amides is 1. The Morgan fingerprint density at radius 1 is 1.03 bits per heavy atom. The predicted molar refractivity (Wildman–Crippen MR) is 113 cm³/mol. The first kappa shape index (κ1) is 22.8. The van der Waals surface area contributed by atoms with Crippen molar-refractivity contribution in [1.82, 2.24) is 4.31 Å². The first-order valence-corrected chi connectivity index (χ1v) is 12.7. The molecule has 1 saturated heterocycles. The van der Waals surface area contributed by atoms with E-state index in [1.807, 2.05) is 0 Å². The molecule has 1 aliphatic heterocycles. The van der Waals surface area contributed by atoms with E-state index < -0.39 is 30.7 Å². The summed E-state index contributed by atoms with van der Waals surface area (Å²) in [7, 11) is -7.44. The normalized spacial score (nSPS) is 16.0. The molecule has 31 heavy (non-hydrogen) atoms. The van der Waals surface area contributed by atoms with Gasteiger partial charge in [0.05, 0.1) is 14.7 Å². The number of hydrogen-bond donors (Lipinski definition) is 1. The summed E-state index contributed by atoms with van der Waals surface area (Å²) in [5.74, 6) is -0.700. The van der Waals surface area contributed by atoms with Crippen molar-refractivity contribution in [3.05, 3.63) is 58.6 Å². The minimum atomic E-state index is -3.89. The number of nitro groups is 1. The minimum Gasteiger partial charge on any atom is -0.326 e. The standard InChI is InChI=1S/C19H21N3O7S2/c1-30(26,27)17-3-2-4-18(13-17)31(28,29)21-11-9-14(10-12-21)19(23)20-15-5-7-16(8-6-15)22(24)25/h2-8,13-14H,9-12H2,1H3,(H,20,23). The molecule has 0 spiro atoms. The number of non-ortho nitro benzene ring substituents is 1. The van der Waals surface area contributed by atoms with Gasteiger partial charge in [0.1, 0.15) is 0 Å². The van der Waals surface area contributed by atoms with Crippen molar-refractivity contribution in [2.45, 2.75) is 22.6 Å². The van der Waals surface area contributed by atoms with Crippen LogP contribution < -0.4 is 5.32 Å². The molecule has 12 heteroatoms. The molecule has 0 aromatic heterocycles. The fraction of sp³-hybridized carbons (Fsp3) is 0.316. The zero-order valence-electron chi connectivity index (χ0n) is 16.6. The number of nitro benzene ring substituents is 1. The Bertz CT molecular complexity index is 1200. The van der Waals surface area contributed by atoms with Crippen molar-refractivity contribution in [3.63, 3.8) is 0 Å². The summed E-state index contributed by atoms with van der Waals surface area (Å²) in [6.07, 6.45) is 1.60. The fourth-order valence-corrected chi connectivity index (χ4v) is 5.54. The summed E-state index contributed by atoms with van der Waals surface area (Å²) in [5, 5.41) is 13.4. The van der Waals surface area contributed by atoms with Crippen LogP contribution in [-0.4, -0.2) is 51.3 Å². The van der Waals surface area contributed by atoms with Crippen LogP contribution in [0.5, 0.6) is 0 Å². The number of nitrogens with one attached hydrogen (secondary N) is 1. The van der Waals surface area contributed by atoms with Gasteiger partial charge in [-0.15, -0.1) is 0 Å². The lowest BCUT2D eigenvalue weighted by Gasteiger charge is -2.30. The van der Waals surface area contributed by atoms with Crippen LogP contribution in [0.3, 0.4) is 0 Å². The molecule has 0 bridgehead atoms. The Hall–Kier alpha value is -2.83. The monoisotopic (exact) mass is 467 g/mol. The van der Waals surface area contributed by atoms with Gasteiger partial charge in [0.25, 0.3) is 5.69 Å². The molecule has 10 nitrogen and oxygen atoms in total. The molecule has 1 aliphatic rings. The summed E-state index contributed by atoms with van der Waals surface area (Å²) >= 11 is 0. The highest BCUT2D eigenvalue weighted by atomic mass is 32.2. The number of sulfonamides is 1. The van der Waals surface area contributed by atoms with Crippen LogP contribution in [0.15, 0.2) is 58.3 Å². The van der Waals surface area contributed by atoms with Crippen LogP contribution in [0.1, 0.15) is 12.8 Å². The summed E-state index contributed by atoms with van der Waals surface area (Å²) in [5.41, 5.74) is 0.333. The maximum absolute atomic E-state index is 12.9. The lowest BCUT2D eigenvalue weighted by molar-refractivity contribution is -0.384. The number of sulfone groups is 1. The van der Waals surface area contributed by atoms with E-state index in [1.165, 1.54) is 46.8 Å². The molecule has 3 rings (SSSR count). The molecule has 1 amide bonds. The molecule has 0 atom stereocenters. The first-order chi connectivity index (χ1) is 14.5.